The van der Waals surface area contributed by atoms with Crippen molar-refractivity contribution in [2.75, 3.05) is 0 Å². The van der Waals surface area contributed by atoms with Crippen molar-refractivity contribution in [1.82, 2.24) is 5.32 Å². The van der Waals surface area contributed by atoms with Gasteiger partial charge in [-0.15, -0.1) is 0 Å². The van der Waals surface area contributed by atoms with Gasteiger partial charge in [0, 0.05) is 0 Å². The molecule has 1 aliphatic carbocycles. The van der Waals surface area contributed by atoms with Crippen molar-refractivity contribution in [2.24, 2.45) is 17.8 Å². The minimum atomic E-state index is -0.919. The molecule has 0 saturated heterocycles. The third-order valence-corrected chi connectivity index (χ3v) is 4.16. The lowest BCUT2D eigenvalue weighted by atomic mass is 9.94. The summed E-state index contributed by atoms with van der Waals surface area (Å²) in [5.74, 6) is -2.44. The van der Waals surface area contributed by atoms with E-state index in [4.69, 9.17) is 0 Å². The van der Waals surface area contributed by atoms with E-state index in [9.17, 15) is 19.1 Å². The lowest BCUT2D eigenvalue weighted by molar-refractivity contribution is -0.146. The number of carbonyl (C=O) groups is 2. The summed E-state index contributed by atoms with van der Waals surface area (Å²) in [7, 11) is 0. The van der Waals surface area contributed by atoms with Gasteiger partial charge in [-0.25, -0.2) is 4.39 Å². The Kier molecular flexibility index (Phi) is 4.60. The summed E-state index contributed by atoms with van der Waals surface area (Å²) in [6.07, 6.45) is 1.11. The van der Waals surface area contributed by atoms with Gasteiger partial charge in [-0.2, -0.15) is 0 Å². The Morgan fingerprint density at radius 3 is 2.62 bits per heavy atom. The molecule has 1 fully saturated rings. The molecule has 1 unspecified atom stereocenters. The zero-order valence-electron chi connectivity index (χ0n) is 12.2. The summed E-state index contributed by atoms with van der Waals surface area (Å²) in [5, 5.41) is 12.0. The maximum absolute atomic E-state index is 13.2. The fourth-order valence-electron chi connectivity index (χ4n) is 3.03. The Morgan fingerprint density at radius 2 is 2.00 bits per heavy atom. The van der Waals surface area contributed by atoms with E-state index in [1.165, 1.54) is 12.1 Å². The van der Waals surface area contributed by atoms with Gasteiger partial charge in [-0.3, -0.25) is 9.59 Å². The number of benzene rings is 1. The van der Waals surface area contributed by atoms with Crippen LogP contribution in [0.3, 0.4) is 0 Å². The van der Waals surface area contributed by atoms with Gasteiger partial charge in [0.25, 0.3) is 0 Å². The molecular formula is C16H20FNO3. The molecule has 0 bridgehead atoms. The molecule has 114 valence electrons. The molecule has 1 aliphatic rings. The molecule has 1 saturated carbocycles. The fourth-order valence-corrected chi connectivity index (χ4v) is 3.03. The first kappa shape index (κ1) is 15.5. The number of amides is 1. The van der Waals surface area contributed by atoms with E-state index >= 15 is 0 Å². The highest BCUT2D eigenvalue weighted by Gasteiger charge is 2.41. The van der Waals surface area contributed by atoms with Crippen molar-refractivity contribution in [2.45, 2.75) is 32.7 Å². The van der Waals surface area contributed by atoms with Crippen LogP contribution >= 0.6 is 0 Å². The molecule has 0 heterocycles. The molecule has 21 heavy (non-hydrogen) atoms. The summed E-state index contributed by atoms with van der Waals surface area (Å²) in [6, 6.07) is 5.69. The van der Waals surface area contributed by atoms with Gasteiger partial charge in [0.05, 0.1) is 17.9 Å². The van der Waals surface area contributed by atoms with Crippen molar-refractivity contribution in [3.63, 3.8) is 0 Å². The molecule has 2 rings (SSSR count). The molecule has 4 nitrogen and oxygen atoms in total. The summed E-state index contributed by atoms with van der Waals surface area (Å²) in [4.78, 5) is 23.5. The molecule has 0 aromatic heterocycles. The highest BCUT2D eigenvalue weighted by atomic mass is 19.1. The van der Waals surface area contributed by atoms with E-state index in [1.807, 2.05) is 6.92 Å². The largest absolute Gasteiger partial charge is 0.481 e. The molecule has 5 heteroatoms. The Bertz CT molecular complexity index is 546. The summed E-state index contributed by atoms with van der Waals surface area (Å²) < 4.78 is 13.2. The van der Waals surface area contributed by atoms with Crippen molar-refractivity contribution in [1.29, 1.82) is 0 Å². The highest BCUT2D eigenvalue weighted by molar-refractivity contribution is 5.85. The first-order chi connectivity index (χ1) is 9.88. The van der Waals surface area contributed by atoms with Crippen molar-refractivity contribution >= 4 is 11.9 Å². The third-order valence-electron chi connectivity index (χ3n) is 4.16. The number of carboxylic acids is 1. The van der Waals surface area contributed by atoms with E-state index < -0.39 is 17.8 Å². The lowest BCUT2D eigenvalue weighted by Gasteiger charge is -2.20. The van der Waals surface area contributed by atoms with E-state index in [0.717, 1.165) is 0 Å². The van der Waals surface area contributed by atoms with Crippen LogP contribution in [0.15, 0.2) is 24.3 Å². The van der Waals surface area contributed by atoms with Crippen LogP contribution in [0, 0.1) is 23.6 Å². The average molecular weight is 293 g/mol. The van der Waals surface area contributed by atoms with E-state index in [-0.39, 0.29) is 23.7 Å². The molecule has 2 N–H and O–H groups in total. The number of carbonyl (C=O) groups excluding carboxylic acids is 1. The number of rotatable bonds is 4. The van der Waals surface area contributed by atoms with Crippen LogP contribution in [0.2, 0.25) is 0 Å². The van der Waals surface area contributed by atoms with Crippen LogP contribution in [-0.2, 0) is 9.59 Å². The number of halogens is 1. The van der Waals surface area contributed by atoms with Crippen LogP contribution in [0.25, 0.3) is 0 Å². The van der Waals surface area contributed by atoms with Gasteiger partial charge < -0.3 is 10.4 Å². The van der Waals surface area contributed by atoms with Crippen molar-refractivity contribution in [3.8, 4) is 0 Å². The van der Waals surface area contributed by atoms with Gasteiger partial charge in [0.1, 0.15) is 5.82 Å². The standard InChI is InChI=1S/C16H20FNO3/c1-9-6-13(14(7-9)16(20)21)15(19)18-10(2)11-4-3-5-12(17)8-11/h3-5,8-10,13-14H,6-7H2,1-2H3,(H,18,19)(H,20,21)/t9?,10-,13+,14-/m1/s1. The smallest absolute Gasteiger partial charge is 0.307 e. The number of hydrogen-bond acceptors (Lipinski definition) is 2. The van der Waals surface area contributed by atoms with E-state index in [0.29, 0.717) is 18.4 Å². The maximum atomic E-state index is 13.2. The Morgan fingerprint density at radius 1 is 1.33 bits per heavy atom. The molecule has 0 radical (unpaired) electrons. The van der Waals surface area contributed by atoms with E-state index in [1.54, 1.807) is 19.1 Å². The number of aliphatic carboxylic acids is 1. The Labute approximate surface area is 123 Å². The normalized spacial score (nSPS) is 26.3. The molecule has 0 spiro atoms. The minimum Gasteiger partial charge on any atom is -0.481 e. The summed E-state index contributed by atoms with van der Waals surface area (Å²) >= 11 is 0. The lowest BCUT2D eigenvalue weighted by Crippen LogP contribution is -2.36. The molecule has 1 amide bonds. The quantitative estimate of drug-likeness (QED) is 0.897. The monoisotopic (exact) mass is 293 g/mol. The number of nitrogens with one attached hydrogen (secondary N) is 1. The van der Waals surface area contributed by atoms with Crippen LogP contribution in [-0.4, -0.2) is 17.0 Å². The zero-order valence-corrected chi connectivity index (χ0v) is 12.2. The predicted octanol–water partition coefficient (Wildman–Crippen LogP) is 2.75. The second-order valence-corrected chi connectivity index (χ2v) is 5.91. The first-order valence-corrected chi connectivity index (χ1v) is 7.17. The molecule has 4 atom stereocenters. The summed E-state index contributed by atoms with van der Waals surface area (Å²) in [6.45, 7) is 3.72. The van der Waals surface area contributed by atoms with Crippen LogP contribution < -0.4 is 5.32 Å². The SMILES string of the molecule is CC1C[C@H](C(=O)N[C@H](C)c2cccc(F)c2)[C@H](C(=O)O)C1. The second-order valence-electron chi connectivity index (χ2n) is 5.91. The van der Waals surface area contributed by atoms with Crippen LogP contribution in [0.5, 0.6) is 0 Å². The van der Waals surface area contributed by atoms with Crippen LogP contribution in [0.4, 0.5) is 4.39 Å². The second kappa shape index (κ2) is 6.24. The summed E-state index contributed by atoms with van der Waals surface area (Å²) in [5.41, 5.74) is 0.668. The molecule has 1 aromatic carbocycles. The number of carboxylic acid groups (broad SMARTS) is 1. The first-order valence-electron chi connectivity index (χ1n) is 7.17. The average Bonchev–Trinajstić information content (AvgIpc) is 2.81. The van der Waals surface area contributed by atoms with Gasteiger partial charge in [-0.1, -0.05) is 19.1 Å². The van der Waals surface area contributed by atoms with Crippen molar-refractivity contribution < 1.29 is 19.1 Å². The topological polar surface area (TPSA) is 66.4 Å². The van der Waals surface area contributed by atoms with Crippen LogP contribution in [0.1, 0.15) is 38.3 Å². The van der Waals surface area contributed by atoms with Gasteiger partial charge in [0.15, 0.2) is 0 Å². The molecular weight excluding hydrogens is 273 g/mol. The maximum Gasteiger partial charge on any atom is 0.307 e. The predicted molar refractivity (Wildman–Crippen MR) is 76.0 cm³/mol. The molecule has 1 aromatic rings. The van der Waals surface area contributed by atoms with Gasteiger partial charge in [-0.05, 0) is 43.4 Å². The Hall–Kier alpha value is -1.91. The number of hydrogen-bond donors (Lipinski definition) is 2. The Balaban J connectivity index is 2.05. The minimum absolute atomic E-state index is 0.228. The highest BCUT2D eigenvalue weighted by Crippen LogP contribution is 2.36. The third kappa shape index (κ3) is 3.60. The van der Waals surface area contributed by atoms with Gasteiger partial charge >= 0.3 is 5.97 Å². The van der Waals surface area contributed by atoms with Gasteiger partial charge in [0.2, 0.25) is 5.91 Å². The fraction of sp³-hybridized carbons (Fsp3) is 0.500. The molecule has 0 aliphatic heterocycles. The zero-order chi connectivity index (χ0) is 15.6. The van der Waals surface area contributed by atoms with Crippen molar-refractivity contribution in [3.05, 3.63) is 35.6 Å². The van der Waals surface area contributed by atoms with E-state index in [2.05, 4.69) is 5.32 Å².